The SMILES string of the molecule is Cc1nnc2n1-c1ccc(-c3cnn(CCCCCCCN4CCN(C5CCC(=O)NC5=O)C(=O)C4)c3)cc1C(c1ccc(Cl)cc1)=NC21CC1. The van der Waals surface area contributed by atoms with Crippen molar-refractivity contribution in [3.8, 4) is 16.8 Å². The van der Waals surface area contributed by atoms with Crippen molar-refractivity contribution >= 4 is 35.0 Å². The molecule has 8 rings (SSSR count). The van der Waals surface area contributed by atoms with Crippen LogP contribution in [0.1, 0.15) is 80.6 Å². The fourth-order valence-corrected chi connectivity index (χ4v) is 7.79. The summed E-state index contributed by atoms with van der Waals surface area (Å²) in [5, 5.41) is 16.8. The summed E-state index contributed by atoms with van der Waals surface area (Å²) < 4.78 is 4.20. The van der Waals surface area contributed by atoms with E-state index in [4.69, 9.17) is 21.7 Å². The lowest BCUT2D eigenvalue weighted by Gasteiger charge is -2.39. The molecule has 3 amide bonds. The second kappa shape index (κ2) is 13.8. The van der Waals surface area contributed by atoms with Crippen molar-refractivity contribution < 1.29 is 14.4 Å². The maximum Gasteiger partial charge on any atom is 0.249 e. The average molecular weight is 708 g/mol. The Bertz CT molecular complexity index is 2010. The second-order valence-corrected chi connectivity index (χ2v) is 14.7. The van der Waals surface area contributed by atoms with Crippen LogP contribution in [0.2, 0.25) is 5.02 Å². The highest BCUT2D eigenvalue weighted by Crippen LogP contribution is 2.52. The number of unbranched alkanes of at least 4 members (excludes halogenated alkanes) is 4. The fraction of sp³-hybridized carbons (Fsp3) is 0.447. The topological polar surface area (TPSA) is 131 Å². The number of carbonyl (C=O) groups is 3. The standard InChI is InChI=1S/C38H42ClN9O3/c1-25-43-44-37-38(15-16-38)42-35(26-7-10-29(39)11-8-26)30-21-27(9-12-31(30)48(25)37)28-22-40-46(23-28)18-6-4-2-3-5-17-45-19-20-47(34(50)24-45)32-13-14-33(49)41-36(32)51/h7-12,21-23,32H,2-6,13-20,24H2,1H3,(H,41,49,51). The van der Waals surface area contributed by atoms with Crippen molar-refractivity contribution in [1.82, 2.24) is 39.7 Å². The summed E-state index contributed by atoms with van der Waals surface area (Å²) in [6.45, 7) is 5.35. The van der Waals surface area contributed by atoms with Gasteiger partial charge in [0.15, 0.2) is 5.82 Å². The Labute approximate surface area is 301 Å². The third-order valence-corrected chi connectivity index (χ3v) is 10.9. The number of benzene rings is 2. The van der Waals surface area contributed by atoms with Gasteiger partial charge in [0.1, 0.15) is 17.4 Å². The number of piperidine rings is 1. The lowest BCUT2D eigenvalue weighted by Crippen LogP contribution is -2.60. The van der Waals surface area contributed by atoms with E-state index >= 15 is 0 Å². The van der Waals surface area contributed by atoms with E-state index in [1.807, 2.05) is 42.1 Å². The number of nitrogens with zero attached hydrogens (tertiary/aromatic N) is 8. The number of halogens is 1. The summed E-state index contributed by atoms with van der Waals surface area (Å²) in [5.41, 5.74) is 5.83. The van der Waals surface area contributed by atoms with Gasteiger partial charge in [0, 0.05) is 54.0 Å². The van der Waals surface area contributed by atoms with Crippen LogP contribution >= 0.6 is 11.6 Å². The Hall–Kier alpha value is -4.68. The summed E-state index contributed by atoms with van der Waals surface area (Å²) in [5.74, 6) is 1.13. The Balaban J connectivity index is 0.852. The van der Waals surface area contributed by atoms with Gasteiger partial charge < -0.3 is 4.90 Å². The predicted octanol–water partition coefficient (Wildman–Crippen LogP) is 4.83. The number of aliphatic imine (C=N–C) groups is 1. The third kappa shape index (κ3) is 6.74. The Morgan fingerprint density at radius 1 is 0.902 bits per heavy atom. The van der Waals surface area contributed by atoms with Gasteiger partial charge in [-0.05, 0) is 75.4 Å². The summed E-state index contributed by atoms with van der Waals surface area (Å²) >= 11 is 6.27. The maximum absolute atomic E-state index is 12.8. The molecule has 2 aromatic carbocycles. The van der Waals surface area contributed by atoms with E-state index in [0.29, 0.717) is 24.5 Å². The van der Waals surface area contributed by atoms with Gasteiger partial charge in [-0.25, -0.2) is 0 Å². The molecule has 0 bridgehead atoms. The van der Waals surface area contributed by atoms with E-state index in [1.165, 1.54) is 0 Å². The number of carbonyl (C=O) groups excluding carboxylic acids is 3. The molecule has 1 N–H and O–H groups in total. The highest BCUT2D eigenvalue weighted by molar-refractivity contribution is 6.30. The lowest BCUT2D eigenvalue weighted by atomic mass is 9.96. The molecular formula is C38H42ClN9O3. The van der Waals surface area contributed by atoms with Gasteiger partial charge in [-0.3, -0.25) is 38.8 Å². The zero-order valence-corrected chi connectivity index (χ0v) is 29.6. The van der Waals surface area contributed by atoms with Gasteiger partial charge in [-0.1, -0.05) is 49.1 Å². The molecule has 51 heavy (non-hydrogen) atoms. The number of aryl methyl sites for hydroxylation is 2. The second-order valence-electron chi connectivity index (χ2n) is 14.2. The van der Waals surface area contributed by atoms with Crippen molar-refractivity contribution in [3.63, 3.8) is 0 Å². The van der Waals surface area contributed by atoms with Gasteiger partial charge in [-0.2, -0.15) is 5.10 Å². The van der Waals surface area contributed by atoms with Crippen LogP contribution in [0.3, 0.4) is 0 Å². The first kappa shape index (κ1) is 33.5. The largest absolute Gasteiger partial charge is 0.328 e. The van der Waals surface area contributed by atoms with Crippen LogP contribution in [-0.4, -0.2) is 90.0 Å². The van der Waals surface area contributed by atoms with E-state index in [-0.39, 0.29) is 29.7 Å². The molecule has 12 nitrogen and oxygen atoms in total. The summed E-state index contributed by atoms with van der Waals surface area (Å²) in [6.07, 6.45) is 12.1. The minimum Gasteiger partial charge on any atom is -0.328 e. The molecule has 0 radical (unpaired) electrons. The van der Waals surface area contributed by atoms with Gasteiger partial charge in [0.05, 0.1) is 24.1 Å². The van der Waals surface area contributed by atoms with Crippen LogP contribution in [0.5, 0.6) is 0 Å². The number of piperazine rings is 1. The number of nitrogens with one attached hydrogen (secondary N) is 1. The number of fused-ring (bicyclic) bond motifs is 4. The molecule has 264 valence electrons. The first-order valence-electron chi connectivity index (χ1n) is 18.1. The van der Waals surface area contributed by atoms with Gasteiger partial charge in [0.25, 0.3) is 0 Å². The normalized spacial score (nSPS) is 19.8. The molecule has 1 spiro atoms. The highest BCUT2D eigenvalue weighted by atomic mass is 35.5. The monoisotopic (exact) mass is 707 g/mol. The molecule has 1 aliphatic carbocycles. The van der Waals surface area contributed by atoms with Crippen molar-refractivity contribution in [2.24, 2.45) is 4.99 Å². The Morgan fingerprint density at radius 2 is 1.67 bits per heavy atom. The van der Waals surface area contributed by atoms with Crippen molar-refractivity contribution in [2.75, 3.05) is 26.2 Å². The average Bonchev–Trinajstić information content (AvgIpc) is 3.60. The predicted molar refractivity (Wildman–Crippen MR) is 193 cm³/mol. The van der Waals surface area contributed by atoms with E-state index in [1.54, 1.807) is 4.90 Å². The van der Waals surface area contributed by atoms with E-state index in [2.05, 4.69) is 49.4 Å². The molecule has 1 unspecified atom stereocenters. The van der Waals surface area contributed by atoms with Gasteiger partial charge in [0.2, 0.25) is 17.7 Å². The van der Waals surface area contributed by atoms with Crippen molar-refractivity contribution in [2.45, 2.75) is 82.8 Å². The minimum absolute atomic E-state index is 0.0262. The molecule has 4 aromatic rings. The van der Waals surface area contributed by atoms with Gasteiger partial charge in [-0.15, -0.1) is 10.2 Å². The summed E-state index contributed by atoms with van der Waals surface area (Å²) in [7, 11) is 0. The molecule has 1 saturated carbocycles. The highest BCUT2D eigenvalue weighted by Gasteiger charge is 2.51. The van der Waals surface area contributed by atoms with Crippen LogP contribution in [0.25, 0.3) is 16.8 Å². The molecule has 1 atom stereocenters. The Kier molecular flexibility index (Phi) is 9.05. The zero-order valence-electron chi connectivity index (χ0n) is 28.9. The van der Waals surface area contributed by atoms with E-state index < -0.39 is 6.04 Å². The van der Waals surface area contributed by atoms with Gasteiger partial charge >= 0.3 is 0 Å². The van der Waals surface area contributed by atoms with Crippen LogP contribution in [0.4, 0.5) is 0 Å². The zero-order chi connectivity index (χ0) is 35.1. The van der Waals surface area contributed by atoms with Crippen molar-refractivity contribution in [3.05, 3.63) is 82.7 Å². The number of hydrogen-bond acceptors (Lipinski definition) is 8. The molecule has 4 aliphatic rings. The first-order chi connectivity index (χ1) is 24.8. The van der Waals surface area contributed by atoms with Crippen LogP contribution < -0.4 is 5.32 Å². The smallest absolute Gasteiger partial charge is 0.249 e. The lowest BCUT2D eigenvalue weighted by molar-refractivity contribution is -0.149. The summed E-state index contributed by atoms with van der Waals surface area (Å²) in [4.78, 5) is 45.6. The number of rotatable bonds is 11. The molecule has 5 heterocycles. The molecule has 3 aliphatic heterocycles. The maximum atomic E-state index is 12.8. The van der Waals surface area contributed by atoms with E-state index in [0.717, 1.165) is 110 Å². The van der Waals surface area contributed by atoms with Crippen LogP contribution in [0, 0.1) is 6.92 Å². The van der Waals surface area contributed by atoms with Crippen LogP contribution in [-0.2, 0) is 26.5 Å². The van der Waals surface area contributed by atoms with Crippen LogP contribution in [0.15, 0.2) is 59.9 Å². The number of amides is 3. The molecule has 2 aromatic heterocycles. The number of imide groups is 1. The minimum atomic E-state index is -0.517. The first-order valence-corrected chi connectivity index (χ1v) is 18.5. The quantitative estimate of drug-likeness (QED) is 0.175. The number of hydrogen-bond donors (Lipinski definition) is 1. The third-order valence-electron chi connectivity index (χ3n) is 10.7. The Morgan fingerprint density at radius 3 is 2.43 bits per heavy atom. The number of aromatic nitrogens is 5. The molecule has 13 heteroatoms. The molecule has 2 saturated heterocycles. The van der Waals surface area contributed by atoms with Crippen molar-refractivity contribution in [1.29, 1.82) is 0 Å². The molecular weight excluding hydrogens is 666 g/mol. The molecule has 3 fully saturated rings. The summed E-state index contributed by atoms with van der Waals surface area (Å²) in [6, 6.07) is 13.9. The fourth-order valence-electron chi connectivity index (χ4n) is 7.67. The van der Waals surface area contributed by atoms with E-state index in [9.17, 15) is 14.4 Å².